The Morgan fingerprint density at radius 2 is 1.93 bits per heavy atom. The molecule has 4 rings (SSSR count). The van der Waals surface area contributed by atoms with Crippen LogP contribution in [0.4, 0.5) is 0 Å². The molecule has 0 aromatic heterocycles. The van der Waals surface area contributed by atoms with E-state index in [1.807, 2.05) is 0 Å². The molecule has 4 aliphatic carbocycles. The first-order chi connectivity index (χ1) is 7.14. The zero-order valence-electron chi connectivity index (χ0n) is 9.71. The summed E-state index contributed by atoms with van der Waals surface area (Å²) < 4.78 is 0. The highest BCUT2D eigenvalue weighted by Crippen LogP contribution is 2.72. The predicted octanol–water partition coefficient (Wildman–Crippen LogP) is 2.97. The maximum atomic E-state index is 10.3. The smallest absolute Gasteiger partial charge is 0.0599 e. The lowest BCUT2D eigenvalue weighted by molar-refractivity contribution is 0.0127. The topological polar surface area (TPSA) is 20.2 Å². The highest BCUT2D eigenvalue weighted by Gasteiger charge is 2.65. The molecule has 0 radical (unpaired) electrons. The lowest BCUT2D eigenvalue weighted by Gasteiger charge is -2.35. The first kappa shape index (κ1) is 9.04. The van der Waals surface area contributed by atoms with E-state index in [2.05, 4.69) is 6.92 Å². The molecule has 4 saturated carbocycles. The molecule has 1 heteroatoms. The van der Waals surface area contributed by atoms with Crippen molar-refractivity contribution in [2.75, 3.05) is 0 Å². The lowest BCUT2D eigenvalue weighted by atomic mass is 9.72. The van der Waals surface area contributed by atoms with E-state index in [0.717, 1.165) is 29.6 Å². The monoisotopic (exact) mass is 206 g/mol. The van der Waals surface area contributed by atoms with E-state index in [0.29, 0.717) is 5.41 Å². The van der Waals surface area contributed by atoms with Crippen LogP contribution in [0.15, 0.2) is 0 Å². The number of hydrogen-bond acceptors (Lipinski definition) is 1. The van der Waals surface area contributed by atoms with Gasteiger partial charge in [-0.15, -0.1) is 0 Å². The van der Waals surface area contributed by atoms with Crippen molar-refractivity contribution in [3.05, 3.63) is 0 Å². The summed E-state index contributed by atoms with van der Waals surface area (Å²) in [5.41, 5.74) is 1.10. The number of aliphatic hydroxyl groups excluding tert-OH is 1. The lowest BCUT2D eigenvalue weighted by Crippen LogP contribution is -2.35. The quantitative estimate of drug-likeness (QED) is 0.646. The van der Waals surface area contributed by atoms with E-state index >= 15 is 0 Å². The maximum absolute atomic E-state index is 10.3. The van der Waals surface area contributed by atoms with Crippen LogP contribution in [0, 0.1) is 28.6 Å². The zero-order chi connectivity index (χ0) is 10.3. The molecule has 0 aromatic carbocycles. The molecular formula is C14H22O. The fourth-order valence-electron chi connectivity index (χ4n) is 5.52. The zero-order valence-corrected chi connectivity index (χ0v) is 9.71. The van der Waals surface area contributed by atoms with E-state index in [9.17, 15) is 5.11 Å². The van der Waals surface area contributed by atoms with Crippen molar-refractivity contribution in [3.63, 3.8) is 0 Å². The van der Waals surface area contributed by atoms with Crippen LogP contribution < -0.4 is 0 Å². The summed E-state index contributed by atoms with van der Waals surface area (Å²) in [6.07, 6.45) is 9.81. The van der Waals surface area contributed by atoms with Gasteiger partial charge in [-0.05, 0) is 73.5 Å². The van der Waals surface area contributed by atoms with Crippen molar-refractivity contribution in [3.8, 4) is 0 Å². The van der Waals surface area contributed by atoms with Gasteiger partial charge in [-0.2, -0.15) is 0 Å². The summed E-state index contributed by atoms with van der Waals surface area (Å²) in [5.74, 6) is 2.72. The number of rotatable bonds is 0. The summed E-state index contributed by atoms with van der Waals surface area (Å²) >= 11 is 0. The van der Waals surface area contributed by atoms with Gasteiger partial charge >= 0.3 is 0 Å². The Morgan fingerprint density at radius 1 is 1.13 bits per heavy atom. The van der Waals surface area contributed by atoms with Gasteiger partial charge in [0.25, 0.3) is 0 Å². The molecule has 0 heterocycles. The van der Waals surface area contributed by atoms with Crippen LogP contribution in [0.25, 0.3) is 0 Å². The molecule has 0 saturated heterocycles. The maximum Gasteiger partial charge on any atom is 0.0599 e. The van der Waals surface area contributed by atoms with Gasteiger partial charge in [0.1, 0.15) is 0 Å². The highest BCUT2D eigenvalue weighted by atomic mass is 16.3. The average molecular weight is 206 g/mol. The summed E-state index contributed by atoms with van der Waals surface area (Å²) in [7, 11) is 0. The molecule has 1 spiro atoms. The van der Waals surface area contributed by atoms with Crippen molar-refractivity contribution in [1.29, 1.82) is 0 Å². The first-order valence-electron chi connectivity index (χ1n) is 6.82. The normalized spacial score (nSPS) is 59.6. The average Bonchev–Trinajstić information content (AvgIpc) is 2.67. The molecule has 0 aliphatic heterocycles. The molecule has 1 unspecified atom stereocenters. The summed E-state index contributed by atoms with van der Waals surface area (Å²) in [5, 5.41) is 10.3. The minimum Gasteiger partial charge on any atom is -0.393 e. The third-order valence-electron chi connectivity index (χ3n) is 6.65. The van der Waals surface area contributed by atoms with E-state index in [1.165, 1.54) is 38.5 Å². The summed E-state index contributed by atoms with van der Waals surface area (Å²) in [4.78, 5) is 0. The van der Waals surface area contributed by atoms with Gasteiger partial charge in [0.15, 0.2) is 0 Å². The van der Waals surface area contributed by atoms with Gasteiger partial charge in [-0.3, -0.25) is 0 Å². The Balaban J connectivity index is 1.70. The SMILES string of the molecule is C[C@@]12C(O)CC[C@@H]1C[C@H]1CC3(CC3)C[C@H]12. The Labute approximate surface area is 92.3 Å². The van der Waals surface area contributed by atoms with Crippen LogP contribution in [0.3, 0.4) is 0 Å². The van der Waals surface area contributed by atoms with Crippen LogP contribution in [-0.2, 0) is 0 Å². The molecule has 0 amide bonds. The number of aliphatic hydroxyl groups is 1. The third kappa shape index (κ3) is 0.945. The Bertz CT molecular complexity index is 306. The van der Waals surface area contributed by atoms with E-state index < -0.39 is 0 Å². The summed E-state index contributed by atoms with van der Waals surface area (Å²) in [6.45, 7) is 2.40. The molecule has 1 nitrogen and oxygen atoms in total. The molecule has 0 bridgehead atoms. The Hall–Kier alpha value is -0.0400. The van der Waals surface area contributed by atoms with Gasteiger partial charge < -0.3 is 5.11 Å². The third-order valence-corrected chi connectivity index (χ3v) is 6.65. The van der Waals surface area contributed by atoms with Gasteiger partial charge in [0, 0.05) is 0 Å². The molecule has 4 fully saturated rings. The van der Waals surface area contributed by atoms with Gasteiger partial charge in [-0.25, -0.2) is 0 Å². The Morgan fingerprint density at radius 3 is 2.67 bits per heavy atom. The summed E-state index contributed by atoms with van der Waals surface area (Å²) in [6, 6.07) is 0. The van der Waals surface area contributed by atoms with Gasteiger partial charge in [0.05, 0.1) is 6.10 Å². The molecular weight excluding hydrogens is 184 g/mol. The van der Waals surface area contributed by atoms with Gasteiger partial charge in [0.2, 0.25) is 0 Å². The molecule has 0 aromatic rings. The van der Waals surface area contributed by atoms with Crippen LogP contribution in [0.1, 0.15) is 51.9 Å². The predicted molar refractivity (Wildman–Crippen MR) is 59.3 cm³/mol. The van der Waals surface area contributed by atoms with Crippen LogP contribution in [0.2, 0.25) is 0 Å². The van der Waals surface area contributed by atoms with Crippen LogP contribution in [0.5, 0.6) is 0 Å². The second-order valence-corrected chi connectivity index (χ2v) is 7.17. The fourth-order valence-corrected chi connectivity index (χ4v) is 5.52. The standard InChI is InChI=1S/C14H22O/c1-13-10(2-3-12(13)15)6-9-7-14(4-5-14)8-11(9)13/h9-12,15H,2-8H2,1H3/t9-,10+,11+,12?,13+/m0/s1. The van der Waals surface area contributed by atoms with Crippen molar-refractivity contribution >= 4 is 0 Å². The van der Waals surface area contributed by atoms with Crippen molar-refractivity contribution in [2.24, 2.45) is 28.6 Å². The minimum absolute atomic E-state index is 0.0198. The number of fused-ring (bicyclic) bond motifs is 3. The second kappa shape index (κ2) is 2.45. The van der Waals surface area contributed by atoms with E-state index in [1.54, 1.807) is 0 Å². The minimum atomic E-state index is 0.0198. The van der Waals surface area contributed by atoms with Crippen molar-refractivity contribution in [2.45, 2.75) is 58.0 Å². The molecule has 4 aliphatic rings. The molecule has 1 N–H and O–H groups in total. The highest BCUT2D eigenvalue weighted by molar-refractivity contribution is 5.15. The van der Waals surface area contributed by atoms with Crippen LogP contribution >= 0.6 is 0 Å². The van der Waals surface area contributed by atoms with E-state index in [4.69, 9.17) is 0 Å². The largest absolute Gasteiger partial charge is 0.393 e. The van der Waals surface area contributed by atoms with Crippen LogP contribution in [-0.4, -0.2) is 11.2 Å². The Kier molecular flexibility index (Phi) is 1.47. The second-order valence-electron chi connectivity index (χ2n) is 7.17. The van der Waals surface area contributed by atoms with Crippen molar-refractivity contribution < 1.29 is 5.11 Å². The molecule has 15 heavy (non-hydrogen) atoms. The first-order valence-corrected chi connectivity index (χ1v) is 6.82. The van der Waals surface area contributed by atoms with Gasteiger partial charge in [-0.1, -0.05) is 6.92 Å². The van der Waals surface area contributed by atoms with Crippen molar-refractivity contribution in [1.82, 2.24) is 0 Å². The fraction of sp³-hybridized carbons (Fsp3) is 1.00. The molecule has 5 atom stereocenters. The molecule has 84 valence electrons. The number of hydrogen-bond donors (Lipinski definition) is 1. The van der Waals surface area contributed by atoms with E-state index in [-0.39, 0.29) is 6.10 Å².